The lowest BCUT2D eigenvalue weighted by Crippen LogP contribution is -2.46. The molecule has 3 N–H and O–H groups in total. The summed E-state index contributed by atoms with van der Waals surface area (Å²) >= 11 is 0. The largest absolute Gasteiger partial charge is 0.392 e. The zero-order valence-electron chi connectivity index (χ0n) is 15.6. The zero-order chi connectivity index (χ0) is 19.2. The van der Waals surface area contributed by atoms with Gasteiger partial charge in [0.2, 0.25) is 7.37 Å². The van der Waals surface area contributed by atoms with E-state index in [0.29, 0.717) is 18.8 Å². The smallest absolute Gasteiger partial charge is 0.217 e. The van der Waals surface area contributed by atoms with Crippen LogP contribution in [0.2, 0.25) is 0 Å². The minimum absolute atomic E-state index is 0.0397. The van der Waals surface area contributed by atoms with Crippen LogP contribution in [0.5, 0.6) is 0 Å². The molecule has 0 amide bonds. The van der Waals surface area contributed by atoms with Crippen LogP contribution in [-0.4, -0.2) is 45.1 Å². The maximum absolute atomic E-state index is 14.4. The van der Waals surface area contributed by atoms with E-state index in [9.17, 15) is 19.9 Å². The predicted molar refractivity (Wildman–Crippen MR) is 104 cm³/mol. The Morgan fingerprint density at radius 3 is 2.44 bits per heavy atom. The average molecular weight is 392 g/mol. The molecule has 1 saturated carbocycles. The molecule has 148 valence electrons. The van der Waals surface area contributed by atoms with E-state index in [4.69, 9.17) is 4.52 Å². The summed E-state index contributed by atoms with van der Waals surface area (Å²) in [6, 6.07) is 0. The van der Waals surface area contributed by atoms with Gasteiger partial charge in [-0.25, -0.2) is 0 Å². The highest BCUT2D eigenvalue weighted by Crippen LogP contribution is 2.68. The van der Waals surface area contributed by atoms with Gasteiger partial charge in [0.1, 0.15) is 0 Å². The molecule has 0 radical (unpaired) electrons. The van der Waals surface area contributed by atoms with Crippen molar-refractivity contribution in [2.45, 2.75) is 68.8 Å². The van der Waals surface area contributed by atoms with Gasteiger partial charge in [-0.2, -0.15) is 0 Å². The maximum atomic E-state index is 14.4. The van der Waals surface area contributed by atoms with Crippen molar-refractivity contribution in [2.75, 3.05) is 0 Å². The third-order valence-corrected chi connectivity index (χ3v) is 10.1. The summed E-state index contributed by atoms with van der Waals surface area (Å²) in [5.74, 6) is 0.391. The van der Waals surface area contributed by atoms with Gasteiger partial charge in [0, 0.05) is 6.42 Å². The lowest BCUT2D eigenvalue weighted by atomic mass is 9.71. The third kappa shape index (κ3) is 3.34. The standard InChI is InChI=1S/C21H29O5P/c1-13-10-11-14(13)21(24)19(12-20(22)23)27(25)18-9-5-3-7-16(18)15-6-2-4-8-17(15)26-27/h2-7,13-14,17-24H,8-12H2,1H3. The van der Waals surface area contributed by atoms with E-state index in [1.807, 2.05) is 36.5 Å². The first-order valence-corrected chi connectivity index (χ1v) is 11.7. The number of allylic oxidation sites excluding steroid dienone is 5. The Balaban J connectivity index is 1.72. The highest BCUT2D eigenvalue weighted by atomic mass is 31.2. The number of aliphatic hydroxyl groups excluding tert-OH is 2. The normalized spacial score (nSPS) is 39.7. The number of hydrogen-bond donors (Lipinski definition) is 3. The van der Waals surface area contributed by atoms with E-state index in [1.165, 1.54) is 0 Å². The molecule has 4 aliphatic rings. The molecule has 27 heavy (non-hydrogen) atoms. The van der Waals surface area contributed by atoms with E-state index in [1.54, 1.807) is 0 Å². The fourth-order valence-electron chi connectivity index (χ4n) is 5.02. The summed E-state index contributed by atoms with van der Waals surface area (Å²) in [4.78, 5) is 0. The SMILES string of the molecule is CC1CCC1C(O)C(CC(O)O)P1(=O)OC2CC=CC=C2C2=CC=CCC21. The molecule has 0 aromatic heterocycles. The minimum atomic E-state index is -3.38. The molecule has 1 saturated heterocycles. The Bertz CT molecular complexity index is 750. The molecule has 0 aromatic rings. The first-order chi connectivity index (χ1) is 12.9. The van der Waals surface area contributed by atoms with Gasteiger partial charge in [0.15, 0.2) is 6.29 Å². The second-order valence-electron chi connectivity index (χ2n) is 8.32. The molecule has 7 unspecified atom stereocenters. The van der Waals surface area contributed by atoms with Gasteiger partial charge in [-0.3, -0.25) is 4.57 Å². The van der Waals surface area contributed by atoms with Crippen molar-refractivity contribution < 1.29 is 24.4 Å². The van der Waals surface area contributed by atoms with E-state index in [0.717, 1.165) is 24.0 Å². The molecule has 5 nitrogen and oxygen atoms in total. The molecule has 7 atom stereocenters. The fraction of sp³-hybridized carbons (Fsp3) is 0.619. The van der Waals surface area contributed by atoms with Crippen LogP contribution in [0.15, 0.2) is 47.6 Å². The highest BCUT2D eigenvalue weighted by molar-refractivity contribution is 7.61. The number of aliphatic hydroxyl groups is 3. The molecular weight excluding hydrogens is 363 g/mol. The van der Waals surface area contributed by atoms with Gasteiger partial charge in [-0.1, -0.05) is 43.4 Å². The van der Waals surface area contributed by atoms with Gasteiger partial charge in [-0.05, 0) is 48.7 Å². The molecule has 1 aliphatic heterocycles. The fourth-order valence-corrected chi connectivity index (χ4v) is 8.55. The van der Waals surface area contributed by atoms with E-state index in [-0.39, 0.29) is 24.1 Å². The molecular formula is C21H29O5P. The molecule has 1 heterocycles. The predicted octanol–water partition coefficient (Wildman–Crippen LogP) is 3.28. The summed E-state index contributed by atoms with van der Waals surface area (Å²) in [5.41, 5.74) is 0.990. The summed E-state index contributed by atoms with van der Waals surface area (Å²) in [6.07, 6.45) is 12.3. The summed E-state index contributed by atoms with van der Waals surface area (Å²) in [7, 11) is -3.38. The average Bonchev–Trinajstić information content (AvgIpc) is 2.65. The maximum Gasteiger partial charge on any atom is 0.217 e. The first-order valence-electron chi connectivity index (χ1n) is 9.97. The number of rotatable bonds is 5. The van der Waals surface area contributed by atoms with Crippen LogP contribution >= 0.6 is 7.37 Å². The second kappa shape index (κ2) is 7.46. The van der Waals surface area contributed by atoms with Crippen molar-refractivity contribution in [1.29, 1.82) is 0 Å². The Morgan fingerprint density at radius 2 is 1.81 bits per heavy atom. The van der Waals surface area contributed by atoms with Crippen LogP contribution in [0.4, 0.5) is 0 Å². The van der Waals surface area contributed by atoms with E-state index in [2.05, 4.69) is 6.92 Å². The molecule has 0 bridgehead atoms. The Labute approximate surface area is 160 Å². The van der Waals surface area contributed by atoms with Crippen LogP contribution in [0.3, 0.4) is 0 Å². The van der Waals surface area contributed by atoms with Crippen LogP contribution in [0.25, 0.3) is 0 Å². The topological polar surface area (TPSA) is 87.0 Å². The van der Waals surface area contributed by atoms with Crippen LogP contribution in [-0.2, 0) is 9.09 Å². The molecule has 0 aromatic carbocycles. The van der Waals surface area contributed by atoms with Crippen molar-refractivity contribution in [3.63, 3.8) is 0 Å². The van der Waals surface area contributed by atoms with Crippen LogP contribution in [0.1, 0.15) is 39.0 Å². The van der Waals surface area contributed by atoms with Gasteiger partial charge < -0.3 is 19.8 Å². The van der Waals surface area contributed by atoms with Crippen molar-refractivity contribution in [3.8, 4) is 0 Å². The Kier molecular flexibility index (Phi) is 5.34. The van der Waals surface area contributed by atoms with Gasteiger partial charge in [0.25, 0.3) is 0 Å². The second-order valence-corrected chi connectivity index (χ2v) is 11.1. The van der Waals surface area contributed by atoms with Crippen molar-refractivity contribution in [3.05, 3.63) is 47.6 Å². The highest BCUT2D eigenvalue weighted by Gasteiger charge is 2.54. The Hall–Kier alpha value is -0.970. The van der Waals surface area contributed by atoms with E-state index >= 15 is 0 Å². The lowest BCUT2D eigenvalue weighted by molar-refractivity contribution is -0.0640. The molecule has 2 fully saturated rings. The van der Waals surface area contributed by atoms with Crippen molar-refractivity contribution in [2.24, 2.45) is 11.8 Å². The zero-order valence-corrected chi connectivity index (χ0v) is 16.5. The molecule has 3 aliphatic carbocycles. The van der Waals surface area contributed by atoms with Gasteiger partial charge in [-0.15, -0.1) is 0 Å². The molecule has 0 spiro atoms. The van der Waals surface area contributed by atoms with Crippen molar-refractivity contribution >= 4 is 7.37 Å². The monoisotopic (exact) mass is 392 g/mol. The van der Waals surface area contributed by atoms with Crippen LogP contribution in [0, 0.1) is 11.8 Å². The van der Waals surface area contributed by atoms with Gasteiger partial charge in [0.05, 0.1) is 23.5 Å². The minimum Gasteiger partial charge on any atom is -0.392 e. The van der Waals surface area contributed by atoms with Gasteiger partial charge >= 0.3 is 0 Å². The number of hydrogen-bond acceptors (Lipinski definition) is 5. The number of fused-ring (bicyclic) bond motifs is 3. The molecule has 4 rings (SSSR count). The Morgan fingerprint density at radius 1 is 1.11 bits per heavy atom. The summed E-state index contributed by atoms with van der Waals surface area (Å²) in [5, 5.41) is 30.5. The van der Waals surface area contributed by atoms with E-state index < -0.39 is 25.4 Å². The molecule has 6 heteroatoms. The lowest BCUT2D eigenvalue weighted by Gasteiger charge is -2.48. The quantitative estimate of drug-likeness (QED) is 0.494. The summed E-state index contributed by atoms with van der Waals surface area (Å²) < 4.78 is 20.6. The summed E-state index contributed by atoms with van der Waals surface area (Å²) in [6.45, 7) is 2.09. The first kappa shape index (κ1) is 19.4. The van der Waals surface area contributed by atoms with Crippen LogP contribution < -0.4 is 0 Å². The third-order valence-electron chi connectivity index (χ3n) is 6.73. The van der Waals surface area contributed by atoms with Crippen molar-refractivity contribution in [1.82, 2.24) is 0 Å².